The van der Waals surface area contributed by atoms with Crippen molar-refractivity contribution in [2.24, 2.45) is 49.2 Å². The van der Waals surface area contributed by atoms with Gasteiger partial charge in [-0.25, -0.2) is 4.21 Å². The second kappa shape index (κ2) is 9.60. The first-order valence-corrected chi connectivity index (χ1v) is 17.7. The maximum absolute atomic E-state index is 14.6. The number of hydrogen-bond acceptors (Lipinski definition) is 7. The molecule has 0 amide bonds. The zero-order chi connectivity index (χ0) is 31.1. The van der Waals surface area contributed by atoms with Gasteiger partial charge in [0.05, 0.1) is 15.3 Å². The van der Waals surface area contributed by atoms with Crippen LogP contribution in [0, 0.1) is 67.6 Å². The molecule has 3 saturated carbocycles. The van der Waals surface area contributed by atoms with Gasteiger partial charge in [-0.15, -0.1) is 4.36 Å². The summed E-state index contributed by atoms with van der Waals surface area (Å²) in [5, 5.41) is 22.7. The van der Waals surface area contributed by atoms with Crippen LogP contribution in [0.15, 0.2) is 27.7 Å². The maximum atomic E-state index is 14.6. The van der Waals surface area contributed by atoms with Crippen LogP contribution in [0.2, 0.25) is 0 Å². The van der Waals surface area contributed by atoms with Crippen molar-refractivity contribution in [3.05, 3.63) is 23.3 Å². The molecule has 0 aromatic carbocycles. The molecule has 8 heteroatoms. The van der Waals surface area contributed by atoms with Crippen LogP contribution in [0.25, 0.3) is 0 Å². The summed E-state index contributed by atoms with van der Waals surface area (Å²) in [5.74, 6) is 0.406. The predicted molar refractivity (Wildman–Crippen MR) is 164 cm³/mol. The summed E-state index contributed by atoms with van der Waals surface area (Å²) in [6.45, 7) is 15.9. The number of carbonyl (C=O) groups is 2. The van der Waals surface area contributed by atoms with E-state index in [4.69, 9.17) is 5.26 Å². The third kappa shape index (κ3) is 4.30. The second-order valence-corrected chi connectivity index (χ2v) is 18.7. The molecule has 0 aliphatic heterocycles. The van der Waals surface area contributed by atoms with E-state index in [2.05, 4.69) is 50.4 Å². The van der Waals surface area contributed by atoms with Crippen LogP contribution in [0.3, 0.4) is 0 Å². The molecule has 0 aromatic heterocycles. The van der Waals surface area contributed by atoms with Crippen LogP contribution >= 0.6 is 0 Å². The van der Waals surface area contributed by atoms with Gasteiger partial charge in [0.1, 0.15) is 6.07 Å². The number of nitriles is 2. The van der Waals surface area contributed by atoms with E-state index < -0.39 is 20.6 Å². The Morgan fingerprint density at radius 3 is 2.33 bits per heavy atom. The third-order valence-electron chi connectivity index (χ3n) is 13.1. The van der Waals surface area contributed by atoms with Gasteiger partial charge in [0.2, 0.25) is 6.19 Å². The summed E-state index contributed by atoms with van der Waals surface area (Å²) in [7, 11) is -2.58. The molecule has 228 valence electrons. The summed E-state index contributed by atoms with van der Waals surface area (Å²) < 4.78 is 16.4. The zero-order valence-corrected chi connectivity index (χ0v) is 27.5. The van der Waals surface area contributed by atoms with Crippen molar-refractivity contribution in [2.45, 2.75) is 99.0 Å². The maximum Gasteiger partial charge on any atom is 0.214 e. The van der Waals surface area contributed by atoms with Gasteiger partial charge in [0, 0.05) is 40.8 Å². The van der Waals surface area contributed by atoms with Gasteiger partial charge in [-0.2, -0.15) is 10.5 Å². The highest BCUT2D eigenvalue weighted by molar-refractivity contribution is 7.93. The molecule has 7 nitrogen and oxygen atoms in total. The lowest BCUT2D eigenvalue weighted by atomic mass is 9.35. The molecular weight excluding hydrogens is 544 g/mol. The number of fused-ring (bicyclic) bond motifs is 7. The van der Waals surface area contributed by atoms with Crippen molar-refractivity contribution < 1.29 is 13.8 Å². The minimum absolute atomic E-state index is 0.0302. The quantitative estimate of drug-likeness (QED) is 0.392. The average molecular weight is 593 g/mol. The van der Waals surface area contributed by atoms with Gasteiger partial charge in [-0.1, -0.05) is 60.1 Å². The van der Waals surface area contributed by atoms with E-state index in [9.17, 15) is 19.1 Å². The number of ketones is 2. The van der Waals surface area contributed by atoms with Crippen molar-refractivity contribution in [3.8, 4) is 12.3 Å². The Morgan fingerprint density at radius 2 is 1.69 bits per heavy atom. The van der Waals surface area contributed by atoms with Gasteiger partial charge in [0.15, 0.2) is 11.6 Å². The standard InChI is InChI=1S/C34H48N4O3S/c1-29(2)11-13-34(37-15-16-42(8,41)38-21-36)14-12-33(7)27(23(34)19-29)24(39)17-26-31(5)18-22(20-35)28(40)30(3,4)25(31)9-10-32(26,33)6/h17-18,23,25,27,37H,9-16,19H2,1-8H3/t23-,25-,27-,31-,32+,33+,34-,42?/m0/s1. The molecule has 8 atom stereocenters. The number of carbonyl (C=O) groups excluding carboxylic acids is 2. The van der Waals surface area contributed by atoms with Crippen LogP contribution < -0.4 is 5.32 Å². The zero-order valence-electron chi connectivity index (χ0n) is 26.7. The topological polar surface area (TPSA) is 123 Å². The molecule has 1 unspecified atom stereocenters. The second-order valence-electron chi connectivity index (χ2n) is 16.2. The van der Waals surface area contributed by atoms with Crippen LogP contribution in [-0.4, -0.2) is 39.9 Å². The average Bonchev–Trinajstić information content (AvgIpc) is 2.88. The SMILES string of the molecule is CC1(C)CC[C@]2(NCCS(C)(=O)=NC#N)CC[C@]3(C)[C@H](C(=O)C=C4[C@@]5(C)C=C(C#N)C(=O)C(C)(C)[C@@H]5CC[C@]43C)[C@@H]2C1. The number of Topliss-reactive ketones (excluding diaryl/α,β-unsaturated/α-hetero) is 1. The Labute approximate surface area is 252 Å². The molecular formula is C34H48N4O3S. The Morgan fingerprint density at radius 1 is 1.02 bits per heavy atom. The fraction of sp³-hybridized carbons (Fsp3) is 0.765. The molecule has 0 aromatic rings. The van der Waals surface area contributed by atoms with E-state index >= 15 is 0 Å². The minimum atomic E-state index is -2.58. The highest BCUT2D eigenvalue weighted by Crippen LogP contribution is 2.73. The van der Waals surface area contributed by atoms with Crippen molar-refractivity contribution in [1.82, 2.24) is 5.32 Å². The van der Waals surface area contributed by atoms with E-state index in [0.29, 0.717) is 12.3 Å². The van der Waals surface area contributed by atoms with E-state index in [1.807, 2.05) is 26.0 Å². The molecule has 0 saturated heterocycles. The van der Waals surface area contributed by atoms with Gasteiger partial charge < -0.3 is 5.32 Å². The molecule has 0 spiro atoms. The lowest BCUT2D eigenvalue weighted by Gasteiger charge is -2.69. The first kappa shape index (κ1) is 31.1. The summed E-state index contributed by atoms with van der Waals surface area (Å²) in [5.41, 5.74) is -0.519. The summed E-state index contributed by atoms with van der Waals surface area (Å²) in [6.07, 6.45) is 13.7. The summed E-state index contributed by atoms with van der Waals surface area (Å²) in [6, 6.07) is 2.19. The van der Waals surface area contributed by atoms with Crippen LogP contribution in [0.1, 0.15) is 93.4 Å². The fourth-order valence-electron chi connectivity index (χ4n) is 10.6. The van der Waals surface area contributed by atoms with Crippen LogP contribution in [0.4, 0.5) is 0 Å². The van der Waals surface area contributed by atoms with Gasteiger partial charge >= 0.3 is 0 Å². The van der Waals surface area contributed by atoms with Gasteiger partial charge in [0.25, 0.3) is 0 Å². The molecule has 3 fully saturated rings. The lowest BCUT2D eigenvalue weighted by molar-refractivity contribution is -0.161. The minimum Gasteiger partial charge on any atom is -0.310 e. The van der Waals surface area contributed by atoms with Gasteiger partial charge in [-0.05, 0) is 79.1 Å². The van der Waals surface area contributed by atoms with Crippen LogP contribution in [0.5, 0.6) is 0 Å². The lowest BCUT2D eigenvalue weighted by Crippen LogP contribution is -2.69. The van der Waals surface area contributed by atoms with Crippen molar-refractivity contribution in [3.63, 3.8) is 0 Å². The fourth-order valence-corrected chi connectivity index (χ4v) is 11.3. The predicted octanol–water partition coefficient (Wildman–Crippen LogP) is 6.13. The Kier molecular flexibility index (Phi) is 7.12. The number of rotatable bonds is 4. The summed E-state index contributed by atoms with van der Waals surface area (Å²) >= 11 is 0. The van der Waals surface area contributed by atoms with Crippen molar-refractivity contribution in [2.75, 3.05) is 18.6 Å². The molecule has 0 radical (unpaired) electrons. The van der Waals surface area contributed by atoms with Crippen molar-refractivity contribution >= 4 is 21.3 Å². The third-order valence-corrected chi connectivity index (χ3v) is 14.5. The number of allylic oxidation sites excluding steroid dienone is 4. The molecule has 1 N–H and O–H groups in total. The Balaban J connectivity index is 1.60. The Bertz CT molecular complexity index is 1500. The van der Waals surface area contributed by atoms with E-state index in [1.54, 1.807) is 6.19 Å². The van der Waals surface area contributed by atoms with Crippen molar-refractivity contribution in [1.29, 1.82) is 10.5 Å². The highest BCUT2D eigenvalue weighted by Gasteiger charge is 2.69. The van der Waals surface area contributed by atoms with Gasteiger partial charge in [-0.3, -0.25) is 9.59 Å². The number of hydrogen-bond donors (Lipinski definition) is 1. The molecule has 42 heavy (non-hydrogen) atoms. The molecule has 5 aliphatic rings. The van der Waals surface area contributed by atoms with E-state index in [0.717, 1.165) is 50.5 Å². The molecule has 5 rings (SSSR count). The first-order chi connectivity index (χ1) is 19.3. The normalized spacial score (nSPS) is 43.0. The largest absolute Gasteiger partial charge is 0.310 e. The number of nitrogens with zero attached hydrogens (tertiary/aromatic N) is 3. The monoisotopic (exact) mass is 592 g/mol. The molecule has 0 heterocycles. The Hall–Kier alpha value is -2.29. The summed E-state index contributed by atoms with van der Waals surface area (Å²) in [4.78, 5) is 27.9. The smallest absolute Gasteiger partial charge is 0.214 e. The van der Waals surface area contributed by atoms with E-state index in [-0.39, 0.29) is 56.7 Å². The highest BCUT2D eigenvalue weighted by atomic mass is 32.2. The first-order valence-electron chi connectivity index (χ1n) is 15.6. The molecule has 5 aliphatic carbocycles. The van der Waals surface area contributed by atoms with E-state index in [1.165, 1.54) is 6.26 Å². The molecule has 0 bridgehead atoms. The van der Waals surface area contributed by atoms with Crippen LogP contribution in [-0.2, 0) is 19.3 Å². The number of nitrogens with one attached hydrogen (secondary N) is 1.